The molecule has 1 saturated carbocycles. The first-order valence-electron chi connectivity index (χ1n) is 9.78. The van der Waals surface area contributed by atoms with Crippen LogP contribution in [0, 0.1) is 0 Å². The van der Waals surface area contributed by atoms with Crippen LogP contribution >= 0.6 is 11.3 Å². The minimum atomic E-state index is 0.0571. The lowest BCUT2D eigenvalue weighted by atomic mass is 9.89. The predicted molar refractivity (Wildman–Crippen MR) is 114 cm³/mol. The van der Waals surface area contributed by atoms with Crippen molar-refractivity contribution in [2.45, 2.75) is 37.8 Å². The lowest BCUT2D eigenvalue weighted by Crippen LogP contribution is -2.45. The van der Waals surface area contributed by atoms with Crippen LogP contribution in [0.5, 0.6) is 0 Å². The molecule has 0 bridgehead atoms. The van der Waals surface area contributed by atoms with Crippen molar-refractivity contribution in [1.82, 2.24) is 14.7 Å². The molecule has 4 rings (SSSR count). The van der Waals surface area contributed by atoms with E-state index in [4.69, 9.17) is 5.10 Å². The van der Waals surface area contributed by atoms with E-state index in [1.807, 2.05) is 69.7 Å². The Balaban J connectivity index is 1.62. The van der Waals surface area contributed by atoms with Gasteiger partial charge in [-0.3, -0.25) is 9.69 Å². The zero-order valence-corrected chi connectivity index (χ0v) is 17.2. The van der Waals surface area contributed by atoms with Gasteiger partial charge in [0.05, 0.1) is 10.6 Å². The molecule has 1 aromatic carbocycles. The summed E-state index contributed by atoms with van der Waals surface area (Å²) in [5, 5.41) is 6.71. The number of benzene rings is 1. The first-order chi connectivity index (χ1) is 13.6. The highest BCUT2D eigenvalue weighted by Crippen LogP contribution is 2.30. The van der Waals surface area contributed by atoms with Gasteiger partial charge in [-0.1, -0.05) is 24.3 Å². The van der Waals surface area contributed by atoms with E-state index in [-0.39, 0.29) is 11.9 Å². The summed E-state index contributed by atoms with van der Waals surface area (Å²) in [6.45, 7) is 0. The van der Waals surface area contributed by atoms with Crippen molar-refractivity contribution >= 4 is 23.1 Å². The molecular weight excluding hydrogens is 368 g/mol. The molecule has 0 aliphatic heterocycles. The van der Waals surface area contributed by atoms with Crippen LogP contribution in [0.15, 0.2) is 60.1 Å². The van der Waals surface area contributed by atoms with Gasteiger partial charge >= 0.3 is 0 Å². The van der Waals surface area contributed by atoms with E-state index in [1.165, 1.54) is 11.3 Å². The molecule has 0 atom stereocenters. The summed E-state index contributed by atoms with van der Waals surface area (Å²) >= 11 is 1.49. The molecule has 2 heterocycles. The minimum Gasteiger partial charge on any atom is -0.306 e. The second-order valence-corrected chi connectivity index (χ2v) is 8.48. The van der Waals surface area contributed by atoms with Gasteiger partial charge in [-0.2, -0.15) is 0 Å². The van der Waals surface area contributed by atoms with Crippen LogP contribution in [0.3, 0.4) is 0 Å². The third-order valence-corrected chi connectivity index (χ3v) is 6.41. The van der Waals surface area contributed by atoms with E-state index in [0.29, 0.717) is 6.04 Å². The lowest BCUT2D eigenvalue weighted by Gasteiger charge is -2.37. The standard InChI is InChI=1S/C22H26N4OS/c1-24(2)17-10-12-19(13-11-17)26(22(27)20-9-6-16-28-20)21-14-15-25(23-21)18-7-4-3-5-8-18/h3-9,14-17,19H,10-13H2,1-2H3. The number of carbonyl (C=O) groups excluding carboxylic acids is 1. The molecule has 6 heteroatoms. The molecule has 1 aliphatic rings. The fourth-order valence-electron chi connectivity index (χ4n) is 3.98. The number of hydrogen-bond acceptors (Lipinski definition) is 4. The first kappa shape index (κ1) is 18.9. The topological polar surface area (TPSA) is 41.4 Å². The van der Waals surface area contributed by atoms with Crippen LogP contribution < -0.4 is 4.90 Å². The maximum atomic E-state index is 13.3. The van der Waals surface area contributed by atoms with Crippen LogP contribution in [0.4, 0.5) is 5.82 Å². The number of carbonyl (C=O) groups is 1. The average Bonchev–Trinajstić information content (AvgIpc) is 3.42. The molecule has 5 nitrogen and oxygen atoms in total. The highest BCUT2D eigenvalue weighted by atomic mass is 32.1. The normalized spacial score (nSPS) is 19.7. The van der Waals surface area contributed by atoms with Gasteiger partial charge in [-0.15, -0.1) is 16.4 Å². The Morgan fingerprint density at radius 3 is 2.36 bits per heavy atom. The molecule has 0 radical (unpaired) electrons. The number of nitrogens with zero attached hydrogens (tertiary/aromatic N) is 4. The quantitative estimate of drug-likeness (QED) is 0.642. The van der Waals surface area contributed by atoms with E-state index < -0.39 is 0 Å². The van der Waals surface area contributed by atoms with Crippen LogP contribution in [-0.4, -0.2) is 46.8 Å². The van der Waals surface area contributed by atoms with Crippen molar-refractivity contribution in [3.05, 3.63) is 65.0 Å². The van der Waals surface area contributed by atoms with Crippen LogP contribution in [0.25, 0.3) is 5.69 Å². The molecule has 1 aliphatic carbocycles. The monoisotopic (exact) mass is 394 g/mol. The number of aromatic nitrogens is 2. The van der Waals surface area contributed by atoms with E-state index >= 15 is 0 Å². The Labute approximate surface area is 170 Å². The van der Waals surface area contributed by atoms with Gasteiger partial charge in [-0.25, -0.2) is 4.68 Å². The molecule has 1 amide bonds. The SMILES string of the molecule is CN(C)C1CCC(N(C(=O)c2cccs2)c2ccn(-c3ccccc3)n2)CC1. The molecule has 0 saturated heterocycles. The number of thiophene rings is 1. The number of anilines is 1. The second-order valence-electron chi connectivity index (χ2n) is 7.53. The molecule has 0 N–H and O–H groups in total. The Morgan fingerprint density at radius 1 is 1.00 bits per heavy atom. The van der Waals surface area contributed by atoms with Crippen molar-refractivity contribution < 1.29 is 4.79 Å². The Morgan fingerprint density at radius 2 is 1.71 bits per heavy atom. The first-order valence-corrected chi connectivity index (χ1v) is 10.7. The van der Waals surface area contributed by atoms with Crippen molar-refractivity contribution in [3.63, 3.8) is 0 Å². The number of amides is 1. The summed E-state index contributed by atoms with van der Waals surface area (Å²) in [7, 11) is 4.28. The zero-order chi connectivity index (χ0) is 19.5. The van der Waals surface area contributed by atoms with Crippen molar-refractivity contribution in [2.75, 3.05) is 19.0 Å². The third kappa shape index (κ3) is 3.88. The van der Waals surface area contributed by atoms with Gasteiger partial charge in [0.15, 0.2) is 5.82 Å². The Kier molecular flexibility index (Phi) is 5.59. The summed E-state index contributed by atoms with van der Waals surface area (Å²) in [6.07, 6.45) is 6.14. The van der Waals surface area contributed by atoms with Gasteiger partial charge < -0.3 is 4.90 Å². The molecular formula is C22H26N4OS. The number of para-hydroxylation sites is 1. The molecule has 146 valence electrons. The predicted octanol–water partition coefficient (Wildman–Crippen LogP) is 4.45. The Bertz CT molecular complexity index is 896. The van der Waals surface area contributed by atoms with Crippen molar-refractivity contribution in [1.29, 1.82) is 0 Å². The largest absolute Gasteiger partial charge is 0.306 e. The van der Waals surface area contributed by atoms with Gasteiger partial charge in [-0.05, 0) is 63.4 Å². The summed E-state index contributed by atoms with van der Waals surface area (Å²) < 4.78 is 1.84. The zero-order valence-electron chi connectivity index (χ0n) is 16.4. The average molecular weight is 395 g/mol. The fourth-order valence-corrected chi connectivity index (χ4v) is 4.64. The maximum Gasteiger partial charge on any atom is 0.269 e. The number of hydrogen-bond donors (Lipinski definition) is 0. The Hall–Kier alpha value is -2.44. The molecule has 2 aromatic heterocycles. The van der Waals surface area contributed by atoms with Crippen LogP contribution in [0.2, 0.25) is 0 Å². The van der Waals surface area contributed by atoms with E-state index in [9.17, 15) is 4.79 Å². The fraction of sp³-hybridized carbons (Fsp3) is 0.364. The summed E-state index contributed by atoms with van der Waals surface area (Å²) in [5.74, 6) is 0.789. The summed E-state index contributed by atoms with van der Waals surface area (Å²) in [5.41, 5.74) is 0.994. The smallest absolute Gasteiger partial charge is 0.269 e. The van der Waals surface area contributed by atoms with Crippen LogP contribution in [0.1, 0.15) is 35.4 Å². The molecule has 0 spiro atoms. The minimum absolute atomic E-state index is 0.0571. The molecule has 0 unspecified atom stereocenters. The third-order valence-electron chi connectivity index (χ3n) is 5.55. The highest BCUT2D eigenvalue weighted by Gasteiger charge is 2.32. The maximum absolute atomic E-state index is 13.3. The summed E-state index contributed by atoms with van der Waals surface area (Å²) in [4.78, 5) is 18.3. The highest BCUT2D eigenvalue weighted by molar-refractivity contribution is 7.12. The van der Waals surface area contributed by atoms with Gasteiger partial charge in [0.25, 0.3) is 5.91 Å². The second kappa shape index (κ2) is 8.29. The molecule has 28 heavy (non-hydrogen) atoms. The molecule has 3 aromatic rings. The van der Waals surface area contributed by atoms with Crippen LogP contribution in [-0.2, 0) is 0 Å². The van der Waals surface area contributed by atoms with Crippen molar-refractivity contribution in [2.24, 2.45) is 0 Å². The van der Waals surface area contributed by atoms with Gasteiger partial charge in [0, 0.05) is 24.3 Å². The summed E-state index contributed by atoms with van der Waals surface area (Å²) in [6, 6.07) is 16.6. The molecule has 1 fully saturated rings. The van der Waals surface area contributed by atoms with E-state index in [1.54, 1.807) is 0 Å². The van der Waals surface area contributed by atoms with Crippen molar-refractivity contribution in [3.8, 4) is 5.69 Å². The van der Waals surface area contributed by atoms with Gasteiger partial charge in [0.2, 0.25) is 0 Å². The van der Waals surface area contributed by atoms with Gasteiger partial charge in [0.1, 0.15) is 0 Å². The van der Waals surface area contributed by atoms with E-state index in [2.05, 4.69) is 19.0 Å². The van der Waals surface area contributed by atoms with E-state index in [0.717, 1.165) is 42.1 Å². The lowest BCUT2D eigenvalue weighted by molar-refractivity contribution is 0.0966. The number of rotatable bonds is 5.